The molecule has 0 bridgehead atoms. The molecule has 8 heteroatoms. The van der Waals surface area contributed by atoms with Crippen LogP contribution in [0.15, 0.2) is 51.0 Å². The normalized spacial score (nSPS) is 15.9. The standard InChI is InChI=1S/C18H17NO7/c1-23-12-6-4-3-5-10(12)13-14(18(22)24-2)17(19)26-15-11(21)7-9(8-20)25-16(13)15/h3-7,13,20H,8,19H2,1-2H3/t13-/m0/s1. The predicted octanol–water partition coefficient (Wildman–Crippen LogP) is 1.01. The highest BCUT2D eigenvalue weighted by atomic mass is 16.5. The third-order valence-electron chi connectivity index (χ3n) is 4.02. The van der Waals surface area contributed by atoms with Crippen LogP contribution in [0.1, 0.15) is 23.0 Å². The maximum atomic E-state index is 12.4. The predicted molar refractivity (Wildman–Crippen MR) is 89.6 cm³/mol. The second kappa shape index (κ2) is 6.93. The van der Waals surface area contributed by atoms with Gasteiger partial charge in [-0.3, -0.25) is 4.79 Å². The Morgan fingerprint density at radius 1 is 1.31 bits per heavy atom. The number of nitrogens with two attached hydrogens (primary N) is 1. The van der Waals surface area contributed by atoms with Crippen molar-refractivity contribution in [3.63, 3.8) is 0 Å². The number of carbonyl (C=O) groups is 1. The smallest absolute Gasteiger partial charge is 0.340 e. The Morgan fingerprint density at radius 3 is 2.69 bits per heavy atom. The molecule has 0 radical (unpaired) electrons. The monoisotopic (exact) mass is 359 g/mol. The molecule has 1 atom stereocenters. The molecular weight excluding hydrogens is 342 g/mol. The van der Waals surface area contributed by atoms with Gasteiger partial charge in [0.05, 0.1) is 20.1 Å². The van der Waals surface area contributed by atoms with E-state index in [0.717, 1.165) is 6.07 Å². The van der Waals surface area contributed by atoms with E-state index in [4.69, 9.17) is 24.4 Å². The van der Waals surface area contributed by atoms with Crippen LogP contribution in [0.4, 0.5) is 0 Å². The summed E-state index contributed by atoms with van der Waals surface area (Å²) < 4.78 is 21.2. The summed E-state index contributed by atoms with van der Waals surface area (Å²) in [5.41, 5.74) is 5.89. The summed E-state index contributed by atoms with van der Waals surface area (Å²) in [4.78, 5) is 24.7. The summed E-state index contributed by atoms with van der Waals surface area (Å²) in [6, 6.07) is 8.01. The van der Waals surface area contributed by atoms with Gasteiger partial charge < -0.3 is 29.5 Å². The number of hydrogen-bond acceptors (Lipinski definition) is 8. The molecule has 1 aliphatic rings. The summed E-state index contributed by atoms with van der Waals surface area (Å²) >= 11 is 0. The van der Waals surface area contributed by atoms with Crippen molar-refractivity contribution >= 4 is 5.97 Å². The van der Waals surface area contributed by atoms with E-state index in [1.807, 2.05) is 0 Å². The number of hydrogen-bond donors (Lipinski definition) is 2. The zero-order valence-electron chi connectivity index (χ0n) is 14.1. The van der Waals surface area contributed by atoms with Crippen molar-refractivity contribution < 1.29 is 28.5 Å². The number of carbonyl (C=O) groups excluding carboxylic acids is 1. The van der Waals surface area contributed by atoms with E-state index in [9.17, 15) is 14.7 Å². The van der Waals surface area contributed by atoms with E-state index >= 15 is 0 Å². The van der Waals surface area contributed by atoms with Crippen LogP contribution < -0.4 is 20.6 Å². The SMILES string of the molecule is COC(=O)C1=C(N)Oc2c(oc(CO)cc2=O)[C@H]1c1ccccc1OC. The van der Waals surface area contributed by atoms with E-state index in [0.29, 0.717) is 11.3 Å². The van der Waals surface area contributed by atoms with Gasteiger partial charge >= 0.3 is 5.97 Å². The maximum Gasteiger partial charge on any atom is 0.340 e. The van der Waals surface area contributed by atoms with E-state index in [1.165, 1.54) is 14.2 Å². The summed E-state index contributed by atoms with van der Waals surface area (Å²) in [6.07, 6.45) is 0. The molecule has 0 spiro atoms. The first-order valence-electron chi connectivity index (χ1n) is 7.68. The molecule has 0 unspecified atom stereocenters. The molecule has 0 amide bonds. The highest BCUT2D eigenvalue weighted by molar-refractivity contribution is 5.92. The fourth-order valence-corrected chi connectivity index (χ4v) is 2.89. The lowest BCUT2D eigenvalue weighted by molar-refractivity contribution is -0.136. The van der Waals surface area contributed by atoms with Crippen LogP contribution in [-0.2, 0) is 16.1 Å². The molecule has 0 saturated heterocycles. The van der Waals surface area contributed by atoms with Gasteiger partial charge in [-0.25, -0.2) is 4.79 Å². The number of para-hydroxylation sites is 1. The zero-order chi connectivity index (χ0) is 18.8. The summed E-state index contributed by atoms with van der Waals surface area (Å²) in [7, 11) is 2.68. The van der Waals surface area contributed by atoms with Gasteiger partial charge in [0.15, 0.2) is 5.76 Å². The summed E-state index contributed by atoms with van der Waals surface area (Å²) in [5, 5.41) is 9.37. The van der Waals surface area contributed by atoms with Crippen LogP contribution in [-0.4, -0.2) is 25.3 Å². The lowest BCUT2D eigenvalue weighted by Gasteiger charge is -2.27. The molecule has 1 aromatic carbocycles. The van der Waals surface area contributed by atoms with Gasteiger partial charge in [0.1, 0.15) is 23.7 Å². The highest BCUT2D eigenvalue weighted by Crippen LogP contribution is 2.44. The molecule has 8 nitrogen and oxygen atoms in total. The third-order valence-corrected chi connectivity index (χ3v) is 4.02. The molecular formula is C18H17NO7. The second-order valence-corrected chi connectivity index (χ2v) is 5.47. The van der Waals surface area contributed by atoms with Gasteiger partial charge in [-0.05, 0) is 6.07 Å². The number of fused-ring (bicyclic) bond motifs is 1. The Morgan fingerprint density at radius 2 is 2.04 bits per heavy atom. The minimum Gasteiger partial charge on any atom is -0.496 e. The van der Waals surface area contributed by atoms with E-state index in [1.54, 1.807) is 24.3 Å². The number of aliphatic hydroxyl groups is 1. The molecule has 0 fully saturated rings. The quantitative estimate of drug-likeness (QED) is 0.776. The van der Waals surface area contributed by atoms with Crippen molar-refractivity contribution in [1.82, 2.24) is 0 Å². The van der Waals surface area contributed by atoms with E-state index in [-0.39, 0.29) is 28.7 Å². The van der Waals surface area contributed by atoms with Gasteiger partial charge in [-0.15, -0.1) is 0 Å². The molecule has 2 heterocycles. The van der Waals surface area contributed by atoms with Crippen molar-refractivity contribution in [2.45, 2.75) is 12.5 Å². The van der Waals surface area contributed by atoms with Crippen LogP contribution in [0.3, 0.4) is 0 Å². The molecule has 3 rings (SSSR count). The Hall–Kier alpha value is -3.26. The van der Waals surface area contributed by atoms with Gasteiger partial charge in [0.2, 0.25) is 17.1 Å². The van der Waals surface area contributed by atoms with Crippen LogP contribution in [0.5, 0.6) is 11.5 Å². The van der Waals surface area contributed by atoms with Crippen LogP contribution in [0.25, 0.3) is 0 Å². The number of ether oxygens (including phenoxy) is 3. The number of benzene rings is 1. The highest BCUT2D eigenvalue weighted by Gasteiger charge is 2.40. The molecule has 0 saturated carbocycles. The molecule has 2 aromatic rings. The second-order valence-electron chi connectivity index (χ2n) is 5.47. The first-order valence-corrected chi connectivity index (χ1v) is 7.68. The lowest BCUT2D eigenvalue weighted by atomic mass is 9.86. The zero-order valence-corrected chi connectivity index (χ0v) is 14.1. The number of methoxy groups -OCH3 is 2. The van der Waals surface area contributed by atoms with Gasteiger partial charge in [-0.1, -0.05) is 18.2 Å². The Balaban J connectivity index is 2.34. The van der Waals surface area contributed by atoms with Crippen molar-refractivity contribution in [3.8, 4) is 11.5 Å². The average molecular weight is 359 g/mol. The van der Waals surface area contributed by atoms with E-state index < -0.39 is 23.9 Å². The first-order chi connectivity index (χ1) is 12.5. The number of aliphatic hydroxyl groups excluding tert-OH is 1. The Labute approximate surface area is 148 Å². The summed E-state index contributed by atoms with van der Waals surface area (Å²) in [6.45, 7) is -0.492. The van der Waals surface area contributed by atoms with Gasteiger partial charge in [0, 0.05) is 11.6 Å². The fourth-order valence-electron chi connectivity index (χ4n) is 2.89. The van der Waals surface area contributed by atoms with Crippen LogP contribution in [0.2, 0.25) is 0 Å². The average Bonchev–Trinajstić information content (AvgIpc) is 2.66. The number of esters is 1. The molecule has 1 aliphatic heterocycles. The third kappa shape index (κ3) is 2.80. The van der Waals surface area contributed by atoms with Gasteiger partial charge in [0.25, 0.3) is 0 Å². The van der Waals surface area contributed by atoms with Crippen LogP contribution in [0, 0.1) is 0 Å². The Kier molecular flexibility index (Phi) is 4.68. The van der Waals surface area contributed by atoms with Crippen molar-refractivity contribution in [3.05, 3.63) is 69.1 Å². The minimum absolute atomic E-state index is 0.0252. The fraction of sp³-hybridized carbons (Fsp3) is 0.222. The first kappa shape index (κ1) is 17.6. The lowest BCUT2D eigenvalue weighted by Crippen LogP contribution is -2.30. The van der Waals surface area contributed by atoms with Crippen molar-refractivity contribution in [1.29, 1.82) is 0 Å². The van der Waals surface area contributed by atoms with Crippen molar-refractivity contribution in [2.75, 3.05) is 14.2 Å². The number of rotatable bonds is 4. The minimum atomic E-state index is -0.901. The molecule has 0 aliphatic carbocycles. The summed E-state index contributed by atoms with van der Waals surface area (Å²) in [5.74, 6) is -1.52. The Bertz CT molecular complexity index is 945. The van der Waals surface area contributed by atoms with E-state index in [2.05, 4.69) is 0 Å². The van der Waals surface area contributed by atoms with Gasteiger partial charge in [-0.2, -0.15) is 0 Å². The van der Waals surface area contributed by atoms with Crippen LogP contribution >= 0.6 is 0 Å². The maximum absolute atomic E-state index is 12.4. The molecule has 3 N–H and O–H groups in total. The molecule has 26 heavy (non-hydrogen) atoms. The topological polar surface area (TPSA) is 121 Å². The molecule has 1 aromatic heterocycles. The largest absolute Gasteiger partial charge is 0.496 e. The molecule has 136 valence electrons. The van der Waals surface area contributed by atoms with Crippen molar-refractivity contribution in [2.24, 2.45) is 5.73 Å².